The molecule has 0 bridgehead atoms. The Labute approximate surface area is 272 Å². The number of nitrogens with zero attached hydrogens (tertiary/aromatic N) is 2. The van der Waals surface area contributed by atoms with Crippen molar-refractivity contribution in [3.8, 4) is 0 Å². The first-order chi connectivity index (χ1) is 21.8. The number of ketones is 1. The van der Waals surface area contributed by atoms with Gasteiger partial charge in [0.1, 0.15) is 23.8 Å². The Morgan fingerprint density at radius 3 is 2.11 bits per heavy atom. The van der Waals surface area contributed by atoms with Gasteiger partial charge in [-0.05, 0) is 71.8 Å². The molecule has 47 heavy (non-hydrogen) atoms. The number of ether oxygens (including phenoxy) is 2. The van der Waals surface area contributed by atoms with Crippen LogP contribution in [-0.4, -0.2) is 77.9 Å². The summed E-state index contributed by atoms with van der Waals surface area (Å²) < 4.78 is 10.5. The molecule has 6 N–H and O–H groups in total. The highest BCUT2D eigenvalue weighted by Crippen LogP contribution is 2.24. The molecular formula is C32H42N6O9. The Kier molecular flexibility index (Phi) is 13.1. The zero-order valence-electron chi connectivity index (χ0n) is 27.5. The van der Waals surface area contributed by atoms with Crippen LogP contribution < -0.4 is 26.7 Å². The van der Waals surface area contributed by atoms with Gasteiger partial charge < -0.3 is 30.9 Å². The average molecular weight is 655 g/mol. The Balaban J connectivity index is 2.41. The molecule has 0 saturated carbocycles. The van der Waals surface area contributed by atoms with Crippen LogP contribution in [0.1, 0.15) is 75.5 Å². The zero-order chi connectivity index (χ0) is 35.5. The minimum absolute atomic E-state index is 0.0506. The SMILES string of the molecule is CN[C@@H](CC(=O)O)C(=O)N(CC(=O)OC(C)(C)C)c1cccc(C(=O)C(NC(N)=O)c2ccc(C=NNC(=O)OC(C)(C)C)cc2)c1. The van der Waals surface area contributed by atoms with E-state index < -0.39 is 72.0 Å². The van der Waals surface area contributed by atoms with E-state index in [1.165, 1.54) is 37.5 Å². The standard InChI is InChI=1S/C32H42N6O9/c1-31(2,3)46-25(41)18-38(28(43)23(34-7)16-24(39)40)22-10-8-9-21(15-22)27(42)26(36-29(33)44)20-13-11-19(12-14-20)17-35-37-30(45)47-32(4,5)6/h8-15,17,23,26,34H,16,18H2,1-7H3,(H,37,45)(H,39,40)(H3,33,36,44)/t23-,26?/m0/s1. The normalized spacial score (nSPS) is 12.8. The van der Waals surface area contributed by atoms with Crippen LogP contribution in [-0.2, 0) is 23.9 Å². The van der Waals surface area contributed by atoms with Crippen molar-refractivity contribution in [1.82, 2.24) is 16.1 Å². The van der Waals surface area contributed by atoms with Gasteiger partial charge >= 0.3 is 24.1 Å². The number of Topliss-reactive ketones (excluding diaryl/α,β-unsaturated/α-hetero) is 1. The van der Waals surface area contributed by atoms with E-state index in [0.29, 0.717) is 11.1 Å². The molecule has 254 valence electrons. The second kappa shape index (κ2) is 16.3. The van der Waals surface area contributed by atoms with Crippen LogP contribution in [0.5, 0.6) is 0 Å². The van der Waals surface area contributed by atoms with Crippen molar-refractivity contribution in [3.05, 3.63) is 65.2 Å². The number of nitrogens with one attached hydrogen (secondary N) is 3. The zero-order valence-corrected chi connectivity index (χ0v) is 27.5. The minimum Gasteiger partial charge on any atom is -0.481 e. The number of urea groups is 1. The Morgan fingerprint density at radius 1 is 0.957 bits per heavy atom. The topological polar surface area (TPSA) is 219 Å². The number of nitrogens with two attached hydrogens (primary N) is 1. The second-order valence-corrected chi connectivity index (χ2v) is 12.3. The molecule has 0 spiro atoms. The summed E-state index contributed by atoms with van der Waals surface area (Å²) in [5.41, 5.74) is 7.14. The Hall–Kier alpha value is -5.31. The lowest BCUT2D eigenvalue weighted by Gasteiger charge is -2.28. The molecule has 2 aromatic carbocycles. The van der Waals surface area contributed by atoms with Crippen LogP contribution in [0.3, 0.4) is 0 Å². The number of rotatable bonds is 13. The Morgan fingerprint density at radius 2 is 1.57 bits per heavy atom. The van der Waals surface area contributed by atoms with E-state index in [0.717, 1.165) is 4.90 Å². The number of carbonyl (C=O) groups is 6. The van der Waals surface area contributed by atoms with E-state index in [9.17, 15) is 33.9 Å². The van der Waals surface area contributed by atoms with Gasteiger partial charge in [0.05, 0.1) is 18.7 Å². The van der Waals surface area contributed by atoms with Gasteiger partial charge in [0, 0.05) is 11.3 Å². The summed E-state index contributed by atoms with van der Waals surface area (Å²) in [6.07, 6.45) is 0.0500. The number of hydrogen-bond acceptors (Lipinski definition) is 10. The average Bonchev–Trinajstić information content (AvgIpc) is 2.95. The maximum Gasteiger partial charge on any atom is 0.428 e. The monoisotopic (exact) mass is 654 g/mol. The molecule has 0 heterocycles. The second-order valence-electron chi connectivity index (χ2n) is 12.3. The summed E-state index contributed by atoms with van der Waals surface area (Å²) in [5, 5.41) is 18.2. The maximum absolute atomic E-state index is 13.8. The summed E-state index contributed by atoms with van der Waals surface area (Å²) >= 11 is 0. The van der Waals surface area contributed by atoms with Gasteiger partial charge in [-0.25, -0.2) is 15.0 Å². The fourth-order valence-corrected chi connectivity index (χ4v) is 4.15. The molecule has 2 atom stereocenters. The van der Waals surface area contributed by atoms with Crippen LogP contribution in [0, 0.1) is 0 Å². The number of carboxylic acids is 1. The highest BCUT2D eigenvalue weighted by atomic mass is 16.6. The smallest absolute Gasteiger partial charge is 0.428 e. The lowest BCUT2D eigenvalue weighted by Crippen LogP contribution is -2.49. The molecule has 0 fully saturated rings. The first kappa shape index (κ1) is 37.9. The van der Waals surface area contributed by atoms with E-state index in [4.69, 9.17) is 15.2 Å². The predicted molar refractivity (Wildman–Crippen MR) is 173 cm³/mol. The summed E-state index contributed by atoms with van der Waals surface area (Å²) in [6, 6.07) is 8.63. The third-order valence-electron chi connectivity index (χ3n) is 6.03. The quantitative estimate of drug-likeness (QED) is 0.0920. The lowest BCUT2D eigenvalue weighted by atomic mass is 9.96. The van der Waals surface area contributed by atoms with Crippen LogP contribution in [0.4, 0.5) is 15.3 Å². The maximum atomic E-state index is 13.8. The van der Waals surface area contributed by atoms with E-state index in [1.807, 2.05) is 0 Å². The fraction of sp³-hybridized carbons (Fsp3) is 0.406. The van der Waals surface area contributed by atoms with Crippen molar-refractivity contribution in [2.24, 2.45) is 10.8 Å². The largest absolute Gasteiger partial charge is 0.481 e. The number of carbonyl (C=O) groups excluding carboxylic acids is 5. The molecule has 2 aromatic rings. The van der Waals surface area contributed by atoms with E-state index in [1.54, 1.807) is 65.8 Å². The number of benzene rings is 2. The van der Waals surface area contributed by atoms with Crippen LogP contribution in [0.25, 0.3) is 0 Å². The van der Waals surface area contributed by atoms with Crippen LogP contribution >= 0.6 is 0 Å². The minimum atomic E-state index is -1.25. The number of amides is 4. The number of likely N-dealkylation sites (N-methyl/N-ethyl adjacent to an activating group) is 1. The predicted octanol–water partition coefficient (Wildman–Crippen LogP) is 2.87. The van der Waals surface area contributed by atoms with Crippen molar-refractivity contribution < 1.29 is 43.3 Å². The summed E-state index contributed by atoms with van der Waals surface area (Å²) in [7, 11) is 1.41. The van der Waals surface area contributed by atoms with Crippen molar-refractivity contribution in [2.45, 2.75) is 71.2 Å². The third kappa shape index (κ3) is 12.9. The molecule has 1 unspecified atom stereocenters. The highest BCUT2D eigenvalue weighted by molar-refractivity contribution is 6.06. The molecule has 0 radical (unpaired) electrons. The van der Waals surface area contributed by atoms with E-state index in [-0.39, 0.29) is 11.3 Å². The molecule has 0 aromatic heterocycles. The van der Waals surface area contributed by atoms with Crippen LogP contribution in [0.15, 0.2) is 53.6 Å². The Bertz CT molecular complexity index is 1490. The van der Waals surface area contributed by atoms with Crippen LogP contribution in [0.2, 0.25) is 0 Å². The van der Waals surface area contributed by atoms with Gasteiger partial charge in [-0.15, -0.1) is 0 Å². The van der Waals surface area contributed by atoms with E-state index in [2.05, 4.69) is 21.2 Å². The number of hydrogen-bond donors (Lipinski definition) is 5. The molecule has 4 amide bonds. The molecule has 0 aliphatic carbocycles. The number of hydrazone groups is 1. The van der Waals surface area contributed by atoms with Gasteiger partial charge in [-0.2, -0.15) is 5.10 Å². The third-order valence-corrected chi connectivity index (χ3v) is 6.03. The van der Waals surface area contributed by atoms with Crippen molar-refractivity contribution in [2.75, 3.05) is 18.5 Å². The molecule has 0 saturated heterocycles. The number of primary amides is 1. The molecular weight excluding hydrogens is 612 g/mol. The van der Waals surface area contributed by atoms with Gasteiger partial charge in [-0.3, -0.25) is 24.1 Å². The molecule has 15 nitrogen and oxygen atoms in total. The van der Waals surface area contributed by atoms with Crippen molar-refractivity contribution in [1.29, 1.82) is 0 Å². The number of aliphatic carboxylic acids is 1. The van der Waals surface area contributed by atoms with Gasteiger partial charge in [0.2, 0.25) is 5.91 Å². The number of carboxylic acid groups (broad SMARTS) is 1. The first-order valence-corrected chi connectivity index (χ1v) is 14.5. The first-order valence-electron chi connectivity index (χ1n) is 14.5. The summed E-state index contributed by atoms with van der Waals surface area (Å²) in [4.78, 5) is 76.2. The molecule has 15 heteroatoms. The van der Waals surface area contributed by atoms with E-state index >= 15 is 0 Å². The molecule has 0 aliphatic rings. The van der Waals surface area contributed by atoms with Gasteiger partial charge in [-0.1, -0.05) is 36.4 Å². The molecule has 0 aliphatic heterocycles. The number of anilines is 1. The number of esters is 1. The summed E-state index contributed by atoms with van der Waals surface area (Å²) in [5.74, 6) is -3.34. The van der Waals surface area contributed by atoms with Crippen molar-refractivity contribution in [3.63, 3.8) is 0 Å². The van der Waals surface area contributed by atoms with Gasteiger partial charge in [0.25, 0.3) is 0 Å². The summed E-state index contributed by atoms with van der Waals surface area (Å²) in [6.45, 7) is 9.54. The fourth-order valence-electron chi connectivity index (χ4n) is 4.15. The highest BCUT2D eigenvalue weighted by Gasteiger charge is 2.31. The van der Waals surface area contributed by atoms with Gasteiger partial charge in [0.15, 0.2) is 5.78 Å². The van der Waals surface area contributed by atoms with Crippen molar-refractivity contribution >= 4 is 47.7 Å². The lowest BCUT2D eigenvalue weighted by molar-refractivity contribution is -0.153. The molecule has 2 rings (SSSR count).